The number of Topliss-reactive ketones (excluding diaryl/α,β-unsaturated/α-hetero) is 1. The molecule has 0 saturated carbocycles. The maximum absolute atomic E-state index is 11.7. The topological polar surface area (TPSA) is 46.2 Å². The highest BCUT2D eigenvalue weighted by Crippen LogP contribution is 2.12. The van der Waals surface area contributed by atoms with E-state index in [2.05, 4.69) is 5.32 Å². The van der Waals surface area contributed by atoms with Crippen molar-refractivity contribution >= 4 is 11.7 Å². The Kier molecular flexibility index (Phi) is 3.61. The lowest BCUT2D eigenvalue weighted by Crippen LogP contribution is -2.29. The number of hydrogen-bond acceptors (Lipinski definition) is 2. The summed E-state index contributed by atoms with van der Waals surface area (Å²) in [6.45, 7) is 5.31. The summed E-state index contributed by atoms with van der Waals surface area (Å²) in [7, 11) is 0. The molecular weight excluding hydrogens is 190 g/mol. The van der Waals surface area contributed by atoms with Gasteiger partial charge in [0.05, 0.1) is 6.54 Å². The van der Waals surface area contributed by atoms with Crippen molar-refractivity contribution in [2.45, 2.75) is 20.8 Å². The fraction of sp³-hybridized carbons (Fsp3) is 0.333. The molecule has 80 valence electrons. The SMILES string of the molecule is CC(=O)CNC(=O)c1c(C)cccc1C. The molecule has 0 atom stereocenters. The van der Waals surface area contributed by atoms with Crippen molar-refractivity contribution in [3.8, 4) is 0 Å². The second kappa shape index (κ2) is 4.73. The van der Waals surface area contributed by atoms with Crippen LogP contribution in [0.15, 0.2) is 18.2 Å². The van der Waals surface area contributed by atoms with Crippen LogP contribution in [0.5, 0.6) is 0 Å². The molecular formula is C12H15NO2. The second-order valence-electron chi connectivity index (χ2n) is 3.65. The van der Waals surface area contributed by atoms with Crippen molar-refractivity contribution in [2.24, 2.45) is 0 Å². The minimum Gasteiger partial charge on any atom is -0.345 e. The summed E-state index contributed by atoms with van der Waals surface area (Å²) in [5.74, 6) is -0.226. The smallest absolute Gasteiger partial charge is 0.252 e. The molecule has 0 saturated heterocycles. The maximum atomic E-state index is 11.7. The van der Waals surface area contributed by atoms with E-state index in [1.54, 1.807) is 0 Å². The number of benzene rings is 1. The van der Waals surface area contributed by atoms with Gasteiger partial charge in [-0.2, -0.15) is 0 Å². The van der Waals surface area contributed by atoms with E-state index in [1.165, 1.54) is 6.92 Å². The number of ketones is 1. The Morgan fingerprint density at radius 3 is 2.20 bits per heavy atom. The molecule has 0 bridgehead atoms. The van der Waals surface area contributed by atoms with Crippen molar-refractivity contribution < 1.29 is 9.59 Å². The molecule has 0 aliphatic carbocycles. The van der Waals surface area contributed by atoms with Gasteiger partial charge in [0.2, 0.25) is 0 Å². The molecule has 0 spiro atoms. The first-order chi connectivity index (χ1) is 7.02. The van der Waals surface area contributed by atoms with E-state index in [9.17, 15) is 9.59 Å². The van der Waals surface area contributed by atoms with Gasteiger partial charge in [0.25, 0.3) is 5.91 Å². The lowest BCUT2D eigenvalue weighted by atomic mass is 10.0. The van der Waals surface area contributed by atoms with Crippen LogP contribution in [0.1, 0.15) is 28.4 Å². The molecule has 0 heterocycles. The van der Waals surface area contributed by atoms with Crippen molar-refractivity contribution in [1.82, 2.24) is 5.32 Å². The third kappa shape index (κ3) is 2.91. The van der Waals surface area contributed by atoms with E-state index in [0.717, 1.165) is 11.1 Å². The van der Waals surface area contributed by atoms with E-state index in [0.29, 0.717) is 5.56 Å². The Morgan fingerprint density at radius 1 is 1.20 bits per heavy atom. The van der Waals surface area contributed by atoms with Crippen molar-refractivity contribution in [1.29, 1.82) is 0 Å². The van der Waals surface area contributed by atoms with E-state index >= 15 is 0 Å². The summed E-state index contributed by atoms with van der Waals surface area (Å²) >= 11 is 0. The normalized spacial score (nSPS) is 9.80. The first-order valence-corrected chi connectivity index (χ1v) is 4.86. The van der Waals surface area contributed by atoms with Gasteiger partial charge < -0.3 is 5.32 Å². The van der Waals surface area contributed by atoms with Gasteiger partial charge in [-0.05, 0) is 31.9 Å². The molecule has 1 amide bonds. The predicted molar refractivity (Wildman–Crippen MR) is 58.9 cm³/mol. The molecule has 0 aromatic heterocycles. The molecule has 15 heavy (non-hydrogen) atoms. The zero-order valence-electron chi connectivity index (χ0n) is 9.26. The van der Waals surface area contributed by atoms with Crippen molar-refractivity contribution in [3.05, 3.63) is 34.9 Å². The fourth-order valence-electron chi connectivity index (χ4n) is 1.47. The number of rotatable bonds is 3. The van der Waals surface area contributed by atoms with Crippen LogP contribution < -0.4 is 5.32 Å². The van der Waals surface area contributed by atoms with Crippen LogP contribution in [-0.2, 0) is 4.79 Å². The minimum atomic E-state index is -0.180. The summed E-state index contributed by atoms with van der Waals surface area (Å²) in [5, 5.41) is 2.59. The quantitative estimate of drug-likeness (QED) is 0.815. The molecule has 1 aromatic carbocycles. The van der Waals surface area contributed by atoms with Gasteiger partial charge in [0, 0.05) is 5.56 Å². The number of hydrogen-bond donors (Lipinski definition) is 1. The average molecular weight is 205 g/mol. The van der Waals surface area contributed by atoms with Crippen LogP contribution in [-0.4, -0.2) is 18.2 Å². The molecule has 0 aliphatic rings. The Balaban J connectivity index is 2.86. The van der Waals surface area contributed by atoms with E-state index < -0.39 is 0 Å². The van der Waals surface area contributed by atoms with Crippen LogP contribution in [0.2, 0.25) is 0 Å². The lowest BCUT2D eigenvalue weighted by molar-refractivity contribution is -0.116. The Morgan fingerprint density at radius 2 is 1.73 bits per heavy atom. The molecule has 0 fully saturated rings. The van der Waals surface area contributed by atoms with Gasteiger partial charge >= 0.3 is 0 Å². The highest BCUT2D eigenvalue weighted by atomic mass is 16.2. The summed E-state index contributed by atoms with van der Waals surface area (Å²) in [6, 6.07) is 5.68. The van der Waals surface area contributed by atoms with Crippen molar-refractivity contribution in [2.75, 3.05) is 6.54 Å². The Bertz CT molecular complexity index is 376. The van der Waals surface area contributed by atoms with Gasteiger partial charge in [-0.15, -0.1) is 0 Å². The lowest BCUT2D eigenvalue weighted by Gasteiger charge is -2.08. The van der Waals surface area contributed by atoms with Crippen molar-refractivity contribution in [3.63, 3.8) is 0 Å². The zero-order valence-corrected chi connectivity index (χ0v) is 9.26. The van der Waals surface area contributed by atoms with E-state index in [1.807, 2.05) is 32.0 Å². The van der Waals surface area contributed by atoms with Gasteiger partial charge in [-0.25, -0.2) is 0 Å². The van der Waals surface area contributed by atoms with Gasteiger partial charge in [-0.1, -0.05) is 18.2 Å². The molecule has 1 N–H and O–H groups in total. The number of carbonyl (C=O) groups is 2. The van der Waals surface area contributed by atoms with Crippen LogP contribution in [0.4, 0.5) is 0 Å². The molecule has 0 unspecified atom stereocenters. The maximum Gasteiger partial charge on any atom is 0.252 e. The molecule has 0 radical (unpaired) electrons. The first-order valence-electron chi connectivity index (χ1n) is 4.86. The minimum absolute atomic E-state index is 0.0467. The molecule has 3 heteroatoms. The van der Waals surface area contributed by atoms with Gasteiger partial charge in [0.1, 0.15) is 5.78 Å². The van der Waals surface area contributed by atoms with Gasteiger partial charge in [0.15, 0.2) is 0 Å². The molecule has 1 rings (SSSR count). The highest BCUT2D eigenvalue weighted by Gasteiger charge is 2.11. The van der Waals surface area contributed by atoms with Gasteiger partial charge in [-0.3, -0.25) is 9.59 Å². The molecule has 3 nitrogen and oxygen atoms in total. The zero-order chi connectivity index (χ0) is 11.4. The third-order valence-corrected chi connectivity index (χ3v) is 2.21. The molecule has 0 aliphatic heterocycles. The van der Waals surface area contributed by atoms with Crippen LogP contribution in [0, 0.1) is 13.8 Å². The van der Waals surface area contributed by atoms with Crippen LogP contribution in [0.25, 0.3) is 0 Å². The van der Waals surface area contributed by atoms with E-state index in [4.69, 9.17) is 0 Å². The Labute approximate surface area is 89.5 Å². The van der Waals surface area contributed by atoms with Crippen LogP contribution >= 0.6 is 0 Å². The summed E-state index contributed by atoms with van der Waals surface area (Å²) in [4.78, 5) is 22.5. The highest BCUT2D eigenvalue weighted by molar-refractivity contribution is 5.98. The fourth-order valence-corrected chi connectivity index (χ4v) is 1.47. The second-order valence-corrected chi connectivity index (χ2v) is 3.65. The first kappa shape index (κ1) is 11.4. The van der Waals surface area contributed by atoms with Crippen LogP contribution in [0.3, 0.4) is 0 Å². The number of aryl methyl sites for hydroxylation is 2. The Hall–Kier alpha value is -1.64. The predicted octanol–water partition coefficient (Wildman–Crippen LogP) is 1.62. The van der Waals surface area contributed by atoms with E-state index in [-0.39, 0.29) is 18.2 Å². The number of amides is 1. The third-order valence-electron chi connectivity index (χ3n) is 2.21. The number of nitrogens with one attached hydrogen (secondary N) is 1. The summed E-state index contributed by atoms with van der Waals surface area (Å²) in [6.07, 6.45) is 0. The molecule has 1 aromatic rings. The summed E-state index contributed by atoms with van der Waals surface area (Å²) in [5.41, 5.74) is 2.52. The standard InChI is InChI=1S/C12H15NO2/c1-8-5-4-6-9(2)11(8)12(15)13-7-10(3)14/h4-6H,7H2,1-3H3,(H,13,15). The summed E-state index contributed by atoms with van der Waals surface area (Å²) < 4.78 is 0. The number of carbonyl (C=O) groups excluding carboxylic acids is 2. The average Bonchev–Trinajstić information content (AvgIpc) is 2.14. The largest absolute Gasteiger partial charge is 0.345 e. The monoisotopic (exact) mass is 205 g/mol.